The average Bonchev–Trinajstić information content (AvgIpc) is 2.80. The summed E-state index contributed by atoms with van der Waals surface area (Å²) in [7, 11) is 0. The first-order chi connectivity index (χ1) is 8.27. The molecule has 0 aliphatic heterocycles. The van der Waals surface area contributed by atoms with Gasteiger partial charge in [0.1, 0.15) is 0 Å². The van der Waals surface area contributed by atoms with E-state index >= 15 is 0 Å². The third-order valence-electron chi connectivity index (χ3n) is 2.30. The Morgan fingerprint density at radius 3 is 2.65 bits per heavy atom. The molecule has 2 aromatic rings. The number of aromatic nitrogens is 2. The molecule has 0 radical (unpaired) electrons. The third kappa shape index (κ3) is 3.43. The molecule has 0 unspecified atom stereocenters. The molecule has 1 heterocycles. The summed E-state index contributed by atoms with van der Waals surface area (Å²) in [5.74, 6) is 0.683. The fourth-order valence-corrected chi connectivity index (χ4v) is 1.95. The molecule has 6 heteroatoms. The summed E-state index contributed by atoms with van der Waals surface area (Å²) >= 11 is 12.1. The summed E-state index contributed by atoms with van der Waals surface area (Å²) < 4.78 is 4.64. The maximum absolute atomic E-state index is 6.04. The first-order valence-electron chi connectivity index (χ1n) is 5.16. The topological polar surface area (TPSA) is 51.0 Å². The normalized spacial score (nSPS) is 10.7. The molecule has 0 saturated heterocycles. The molecule has 0 fully saturated rings. The Balaban J connectivity index is 1.82. The van der Waals surface area contributed by atoms with Crippen molar-refractivity contribution in [1.82, 2.24) is 15.5 Å². The summed E-state index contributed by atoms with van der Waals surface area (Å²) in [6, 6.07) is 5.47. The van der Waals surface area contributed by atoms with Gasteiger partial charge in [-0.2, -0.15) is 4.98 Å². The van der Waals surface area contributed by atoms with Crippen LogP contribution in [0.2, 0.25) is 10.0 Å². The van der Waals surface area contributed by atoms with Gasteiger partial charge in [-0.25, -0.2) is 0 Å². The van der Waals surface area contributed by atoms with E-state index in [1.54, 1.807) is 0 Å². The quantitative estimate of drug-likeness (QED) is 0.850. The predicted molar refractivity (Wildman–Crippen MR) is 66.2 cm³/mol. The van der Waals surface area contributed by atoms with Gasteiger partial charge in [-0.1, -0.05) is 34.4 Å². The fourth-order valence-electron chi connectivity index (χ4n) is 1.42. The minimum absolute atomic E-state index is 0.621. The Morgan fingerprint density at radius 2 is 2.00 bits per heavy atom. The van der Waals surface area contributed by atoms with Gasteiger partial charge >= 0.3 is 0 Å². The average molecular weight is 272 g/mol. The van der Waals surface area contributed by atoms with E-state index in [2.05, 4.69) is 20.0 Å². The number of halogens is 2. The number of nitrogens with one attached hydrogen (secondary N) is 1. The third-order valence-corrected chi connectivity index (χ3v) is 3.00. The van der Waals surface area contributed by atoms with Crippen molar-refractivity contribution in [2.75, 3.05) is 6.54 Å². The molecule has 0 aliphatic carbocycles. The number of benzene rings is 1. The van der Waals surface area contributed by atoms with Crippen LogP contribution in [-0.4, -0.2) is 16.7 Å². The summed E-state index contributed by atoms with van der Waals surface area (Å²) in [4.78, 5) is 3.93. The maximum atomic E-state index is 6.04. The first kappa shape index (κ1) is 12.4. The monoisotopic (exact) mass is 271 g/mol. The lowest BCUT2D eigenvalue weighted by Gasteiger charge is -2.07. The maximum Gasteiger partial charge on any atom is 0.213 e. The minimum atomic E-state index is 0.621. The lowest BCUT2D eigenvalue weighted by molar-refractivity contribution is 0.409. The molecule has 1 aromatic carbocycles. The van der Waals surface area contributed by atoms with Crippen LogP contribution in [-0.2, 0) is 13.0 Å². The molecule has 0 atom stereocenters. The van der Waals surface area contributed by atoms with Crippen LogP contribution in [0.4, 0.5) is 0 Å². The van der Waals surface area contributed by atoms with Gasteiger partial charge in [0.05, 0.1) is 0 Å². The van der Waals surface area contributed by atoms with Crippen molar-refractivity contribution in [3.8, 4) is 0 Å². The van der Waals surface area contributed by atoms with E-state index in [9.17, 15) is 0 Å². The Morgan fingerprint density at radius 1 is 1.24 bits per heavy atom. The second-order valence-electron chi connectivity index (χ2n) is 3.47. The molecule has 90 valence electrons. The van der Waals surface area contributed by atoms with Crippen molar-refractivity contribution in [2.45, 2.75) is 13.0 Å². The molecule has 0 saturated carbocycles. The van der Waals surface area contributed by atoms with Gasteiger partial charge in [0.25, 0.3) is 0 Å². The van der Waals surface area contributed by atoms with Crippen LogP contribution >= 0.6 is 23.2 Å². The molecule has 0 bridgehead atoms. The Bertz CT molecular complexity index is 453. The van der Waals surface area contributed by atoms with E-state index in [4.69, 9.17) is 23.2 Å². The lowest BCUT2D eigenvalue weighted by Crippen LogP contribution is -2.17. The number of rotatable bonds is 5. The molecule has 0 spiro atoms. The second kappa shape index (κ2) is 6.00. The van der Waals surface area contributed by atoms with Crippen molar-refractivity contribution in [1.29, 1.82) is 0 Å². The Hall–Kier alpha value is -1.10. The van der Waals surface area contributed by atoms with Crippen molar-refractivity contribution in [3.63, 3.8) is 0 Å². The number of hydrogen-bond donors (Lipinski definition) is 1. The summed E-state index contributed by atoms with van der Waals surface area (Å²) in [5, 5.41) is 8.29. The van der Waals surface area contributed by atoms with E-state index in [0.717, 1.165) is 12.1 Å². The zero-order valence-corrected chi connectivity index (χ0v) is 10.5. The smallest absolute Gasteiger partial charge is 0.213 e. The number of hydrogen-bond acceptors (Lipinski definition) is 4. The second-order valence-corrected chi connectivity index (χ2v) is 4.29. The molecular formula is C11H11Cl2N3O. The Labute approximate surface area is 109 Å². The predicted octanol–water partition coefficient (Wildman–Crippen LogP) is 2.71. The summed E-state index contributed by atoms with van der Waals surface area (Å²) in [6.07, 6.45) is 2.03. The largest absolute Gasteiger partial charge is 0.343 e. The van der Waals surface area contributed by atoms with Gasteiger partial charge in [0.2, 0.25) is 6.39 Å². The minimum Gasteiger partial charge on any atom is -0.343 e. The van der Waals surface area contributed by atoms with Crippen LogP contribution in [0.25, 0.3) is 0 Å². The van der Waals surface area contributed by atoms with Crippen LogP contribution in [0.15, 0.2) is 29.1 Å². The lowest BCUT2D eigenvalue weighted by atomic mass is 10.2. The van der Waals surface area contributed by atoms with Crippen LogP contribution in [0.1, 0.15) is 11.4 Å². The van der Waals surface area contributed by atoms with E-state index < -0.39 is 0 Å². The molecule has 1 aromatic heterocycles. The van der Waals surface area contributed by atoms with Crippen LogP contribution in [0, 0.1) is 0 Å². The van der Waals surface area contributed by atoms with E-state index in [0.29, 0.717) is 28.8 Å². The van der Waals surface area contributed by atoms with Gasteiger partial charge in [0, 0.05) is 35.1 Å². The summed E-state index contributed by atoms with van der Waals surface area (Å²) in [6.45, 7) is 1.36. The van der Waals surface area contributed by atoms with Crippen molar-refractivity contribution < 1.29 is 4.52 Å². The molecule has 1 N–H and O–H groups in total. The van der Waals surface area contributed by atoms with Crippen LogP contribution in [0.5, 0.6) is 0 Å². The molecule has 0 aliphatic rings. The molecule has 17 heavy (non-hydrogen) atoms. The highest BCUT2D eigenvalue weighted by Gasteiger charge is 2.04. The summed E-state index contributed by atoms with van der Waals surface area (Å²) in [5.41, 5.74) is 0.906. The standard InChI is InChI=1S/C11H11Cl2N3O/c12-9-2-1-3-10(13)8(9)6-14-5-4-11-15-7-17-16-11/h1-3,7,14H,4-6H2. The highest BCUT2D eigenvalue weighted by molar-refractivity contribution is 6.35. The van der Waals surface area contributed by atoms with Crippen LogP contribution in [0.3, 0.4) is 0 Å². The van der Waals surface area contributed by atoms with Gasteiger partial charge < -0.3 is 9.84 Å². The first-order valence-corrected chi connectivity index (χ1v) is 5.92. The SMILES string of the molecule is Clc1cccc(Cl)c1CNCCc1ncon1. The molecule has 4 nitrogen and oxygen atoms in total. The van der Waals surface area contributed by atoms with Crippen molar-refractivity contribution in [3.05, 3.63) is 46.0 Å². The van der Waals surface area contributed by atoms with Crippen LogP contribution < -0.4 is 5.32 Å². The van der Waals surface area contributed by atoms with Gasteiger partial charge in [-0.05, 0) is 12.1 Å². The highest BCUT2D eigenvalue weighted by atomic mass is 35.5. The fraction of sp³-hybridized carbons (Fsp3) is 0.273. The van der Waals surface area contributed by atoms with E-state index in [-0.39, 0.29) is 0 Å². The zero-order chi connectivity index (χ0) is 12.1. The highest BCUT2D eigenvalue weighted by Crippen LogP contribution is 2.23. The van der Waals surface area contributed by atoms with E-state index in [1.807, 2.05) is 18.2 Å². The van der Waals surface area contributed by atoms with Gasteiger partial charge in [-0.15, -0.1) is 0 Å². The van der Waals surface area contributed by atoms with E-state index in [1.165, 1.54) is 6.39 Å². The molecule has 0 amide bonds. The van der Waals surface area contributed by atoms with Crippen molar-refractivity contribution >= 4 is 23.2 Å². The molecular weight excluding hydrogens is 261 g/mol. The van der Waals surface area contributed by atoms with Gasteiger partial charge in [-0.3, -0.25) is 0 Å². The van der Waals surface area contributed by atoms with Gasteiger partial charge in [0.15, 0.2) is 5.82 Å². The number of nitrogens with zero attached hydrogens (tertiary/aromatic N) is 2. The molecule has 2 rings (SSSR count). The zero-order valence-electron chi connectivity index (χ0n) is 8.99. The Kier molecular flexibility index (Phi) is 4.36. The van der Waals surface area contributed by atoms with Crippen molar-refractivity contribution in [2.24, 2.45) is 0 Å².